The fraction of sp³-hybridized carbons (Fsp3) is 0.429. The van der Waals surface area contributed by atoms with Crippen LogP contribution in [0.2, 0.25) is 5.15 Å². The van der Waals surface area contributed by atoms with Crippen LogP contribution in [0.4, 0.5) is 0 Å². The highest BCUT2D eigenvalue weighted by molar-refractivity contribution is 6.36. The minimum atomic E-state index is -1.19. The van der Waals surface area contributed by atoms with Crippen molar-refractivity contribution in [3.63, 3.8) is 0 Å². The molecule has 3 aromatic heterocycles. The number of fused-ring (bicyclic) bond motifs is 3. The third-order valence-corrected chi connectivity index (χ3v) is 4.62. The van der Waals surface area contributed by atoms with Crippen LogP contribution in [0.3, 0.4) is 0 Å². The van der Waals surface area contributed by atoms with Gasteiger partial charge in [-0.2, -0.15) is 0 Å². The Labute approximate surface area is 135 Å². The third kappa shape index (κ3) is 1.93. The van der Waals surface area contributed by atoms with Gasteiger partial charge in [0, 0.05) is 13.2 Å². The van der Waals surface area contributed by atoms with Crippen LogP contribution >= 0.6 is 11.6 Å². The summed E-state index contributed by atoms with van der Waals surface area (Å²) in [5, 5.41) is 30.6. The van der Waals surface area contributed by atoms with Gasteiger partial charge in [-0.25, -0.2) is 9.97 Å². The van der Waals surface area contributed by atoms with E-state index in [0.717, 1.165) is 11.0 Å². The van der Waals surface area contributed by atoms with Crippen molar-refractivity contribution < 1.29 is 20.1 Å². The number of nitrogens with zero attached hydrogens (tertiary/aromatic N) is 4. The van der Waals surface area contributed by atoms with Crippen molar-refractivity contribution in [1.29, 1.82) is 0 Å². The number of hydrogen-bond acceptors (Lipinski definition) is 6. The topological polar surface area (TPSA) is 106 Å². The van der Waals surface area contributed by atoms with Gasteiger partial charge in [0.05, 0.1) is 23.0 Å². The van der Waals surface area contributed by atoms with Gasteiger partial charge in [0.2, 0.25) is 0 Å². The summed E-state index contributed by atoms with van der Waals surface area (Å²) in [4.78, 5) is 8.28. The second kappa shape index (κ2) is 5.15. The average molecular weight is 339 g/mol. The molecule has 3 aromatic rings. The van der Waals surface area contributed by atoms with Crippen LogP contribution in [0, 0.1) is 0 Å². The van der Waals surface area contributed by atoms with Gasteiger partial charge in [0.15, 0.2) is 6.23 Å². The first kappa shape index (κ1) is 14.9. The molecule has 23 heavy (non-hydrogen) atoms. The van der Waals surface area contributed by atoms with Crippen molar-refractivity contribution in [3.8, 4) is 0 Å². The summed E-state index contributed by atoms with van der Waals surface area (Å²) < 4.78 is 9.21. The standard InChI is InChI=1S/C14H15ClN4O4/c1-18-3-2-6-9(18)8-12(15)16-5-17-13(8)19(6)14-11(22)10(21)7(4-20)23-14/h2-3,5,7,10-11,14,20-22H,4H2,1H3. The van der Waals surface area contributed by atoms with Gasteiger partial charge in [0.25, 0.3) is 0 Å². The molecule has 9 heteroatoms. The Hall–Kier alpha value is -1.71. The largest absolute Gasteiger partial charge is 0.394 e. The first-order valence-corrected chi connectivity index (χ1v) is 7.50. The molecule has 4 unspecified atom stereocenters. The van der Waals surface area contributed by atoms with E-state index in [1.54, 1.807) is 4.57 Å². The molecule has 122 valence electrons. The Bertz CT molecular complexity index is 892. The lowest BCUT2D eigenvalue weighted by Gasteiger charge is -2.18. The van der Waals surface area contributed by atoms with Crippen molar-refractivity contribution in [2.75, 3.05) is 6.61 Å². The van der Waals surface area contributed by atoms with Gasteiger partial charge in [0.1, 0.15) is 35.4 Å². The number of aliphatic hydroxyl groups excluding tert-OH is 3. The fourth-order valence-electron chi connectivity index (χ4n) is 3.22. The summed E-state index contributed by atoms with van der Waals surface area (Å²) in [6.07, 6.45) is -0.926. The molecule has 0 spiro atoms. The van der Waals surface area contributed by atoms with E-state index in [1.807, 2.05) is 23.9 Å². The summed E-state index contributed by atoms with van der Waals surface area (Å²) in [5.41, 5.74) is 2.06. The summed E-state index contributed by atoms with van der Waals surface area (Å²) >= 11 is 6.24. The lowest BCUT2D eigenvalue weighted by Crippen LogP contribution is -2.33. The molecule has 0 amide bonds. The van der Waals surface area contributed by atoms with E-state index in [-0.39, 0.29) is 6.61 Å². The maximum absolute atomic E-state index is 10.3. The third-order valence-electron chi connectivity index (χ3n) is 4.33. The van der Waals surface area contributed by atoms with E-state index < -0.39 is 24.5 Å². The highest BCUT2D eigenvalue weighted by Crippen LogP contribution is 2.39. The quantitative estimate of drug-likeness (QED) is 0.576. The van der Waals surface area contributed by atoms with Crippen molar-refractivity contribution in [2.24, 2.45) is 7.05 Å². The smallest absolute Gasteiger partial charge is 0.165 e. The van der Waals surface area contributed by atoms with Crippen LogP contribution < -0.4 is 0 Å². The van der Waals surface area contributed by atoms with Crippen molar-refractivity contribution in [1.82, 2.24) is 19.1 Å². The molecule has 3 N–H and O–H groups in total. The Morgan fingerprint density at radius 1 is 1.30 bits per heavy atom. The van der Waals surface area contributed by atoms with Gasteiger partial charge < -0.3 is 24.6 Å². The zero-order valence-electron chi connectivity index (χ0n) is 12.2. The zero-order valence-corrected chi connectivity index (χ0v) is 12.9. The number of rotatable bonds is 2. The average Bonchev–Trinajstić information content (AvgIpc) is 3.15. The predicted octanol–water partition coefficient (Wildman–Crippen LogP) is 0.188. The van der Waals surface area contributed by atoms with Gasteiger partial charge in [-0.05, 0) is 6.07 Å². The van der Waals surface area contributed by atoms with E-state index in [1.165, 1.54) is 6.33 Å². The summed E-state index contributed by atoms with van der Waals surface area (Å²) in [5.74, 6) is 0. The number of aromatic nitrogens is 4. The lowest BCUT2D eigenvalue weighted by atomic mass is 10.1. The van der Waals surface area contributed by atoms with E-state index >= 15 is 0 Å². The first-order valence-electron chi connectivity index (χ1n) is 7.12. The SMILES string of the molecule is Cn1ccc2c1c1c(Cl)ncnc1n2C1OC(CO)C(O)C1O. The van der Waals surface area contributed by atoms with E-state index in [9.17, 15) is 15.3 Å². The number of aryl methyl sites for hydroxylation is 1. The molecule has 4 atom stereocenters. The van der Waals surface area contributed by atoms with Crippen molar-refractivity contribution in [3.05, 3.63) is 23.7 Å². The Kier molecular flexibility index (Phi) is 3.33. The van der Waals surface area contributed by atoms with Gasteiger partial charge in [-0.15, -0.1) is 0 Å². The first-order chi connectivity index (χ1) is 11.0. The van der Waals surface area contributed by atoms with Crippen LogP contribution in [0.5, 0.6) is 0 Å². The van der Waals surface area contributed by atoms with Crippen LogP contribution in [-0.4, -0.2) is 59.3 Å². The molecular formula is C14H15ClN4O4. The van der Waals surface area contributed by atoms with E-state index in [0.29, 0.717) is 16.2 Å². The van der Waals surface area contributed by atoms with Crippen LogP contribution in [0.15, 0.2) is 18.6 Å². The summed E-state index contributed by atoms with van der Waals surface area (Å²) in [7, 11) is 1.87. The second-order valence-electron chi connectivity index (χ2n) is 5.62. The number of halogens is 1. The van der Waals surface area contributed by atoms with E-state index in [2.05, 4.69) is 9.97 Å². The van der Waals surface area contributed by atoms with Crippen molar-refractivity contribution in [2.45, 2.75) is 24.5 Å². The predicted molar refractivity (Wildman–Crippen MR) is 82.0 cm³/mol. The van der Waals surface area contributed by atoms with Gasteiger partial charge >= 0.3 is 0 Å². The fourth-order valence-corrected chi connectivity index (χ4v) is 3.44. The number of aliphatic hydroxyl groups is 3. The lowest BCUT2D eigenvalue weighted by molar-refractivity contribution is -0.0489. The maximum atomic E-state index is 10.3. The van der Waals surface area contributed by atoms with Crippen LogP contribution in [0.1, 0.15) is 6.23 Å². The number of ether oxygens (including phenoxy) is 1. The maximum Gasteiger partial charge on any atom is 0.165 e. The summed E-state index contributed by atoms with van der Waals surface area (Å²) in [6, 6.07) is 1.85. The number of hydrogen-bond donors (Lipinski definition) is 3. The zero-order chi connectivity index (χ0) is 16.3. The molecule has 0 radical (unpaired) electrons. The highest BCUT2D eigenvalue weighted by atomic mass is 35.5. The molecular weight excluding hydrogens is 324 g/mol. The molecule has 0 bridgehead atoms. The van der Waals surface area contributed by atoms with Gasteiger partial charge in [-0.1, -0.05) is 11.6 Å². The van der Waals surface area contributed by atoms with Crippen LogP contribution in [-0.2, 0) is 11.8 Å². The molecule has 1 aliphatic rings. The molecule has 0 aliphatic carbocycles. The normalized spacial score (nSPS) is 28.2. The summed E-state index contributed by atoms with van der Waals surface area (Å²) in [6.45, 7) is -0.387. The Balaban J connectivity index is 2.01. The van der Waals surface area contributed by atoms with Gasteiger partial charge in [-0.3, -0.25) is 4.57 Å². The highest BCUT2D eigenvalue weighted by Gasteiger charge is 2.44. The molecule has 1 aliphatic heterocycles. The molecule has 4 heterocycles. The van der Waals surface area contributed by atoms with E-state index in [4.69, 9.17) is 16.3 Å². The molecule has 4 rings (SSSR count). The monoisotopic (exact) mass is 338 g/mol. The van der Waals surface area contributed by atoms with Crippen molar-refractivity contribution >= 4 is 33.7 Å². The molecule has 8 nitrogen and oxygen atoms in total. The molecule has 1 saturated heterocycles. The molecule has 0 aromatic carbocycles. The Morgan fingerprint density at radius 3 is 2.78 bits per heavy atom. The molecule has 0 saturated carbocycles. The Morgan fingerprint density at radius 2 is 2.09 bits per heavy atom. The van der Waals surface area contributed by atoms with Crippen LogP contribution in [0.25, 0.3) is 22.1 Å². The minimum Gasteiger partial charge on any atom is -0.394 e. The second-order valence-corrected chi connectivity index (χ2v) is 5.98. The minimum absolute atomic E-state index is 0.298. The molecule has 1 fully saturated rings.